The van der Waals surface area contributed by atoms with Gasteiger partial charge in [-0.3, -0.25) is 0 Å². The number of halogens is 4. The first kappa shape index (κ1) is 14.8. The third-order valence-corrected chi connectivity index (χ3v) is 4.57. The van der Waals surface area contributed by atoms with Crippen molar-refractivity contribution < 1.29 is 9.13 Å². The molecule has 2 rings (SSSR count). The molecule has 1 nitrogen and oxygen atoms in total. The Balaban J connectivity index is 2.45. The van der Waals surface area contributed by atoms with Gasteiger partial charge in [-0.05, 0) is 51.8 Å². The average Bonchev–Trinajstić information content (AvgIpc) is 2.41. The Morgan fingerprint density at radius 3 is 2.58 bits per heavy atom. The van der Waals surface area contributed by atoms with Crippen LogP contribution in [0, 0.1) is 5.82 Å². The number of ether oxygens (including phenoxy) is 1. The van der Waals surface area contributed by atoms with Crippen molar-refractivity contribution in [2.45, 2.75) is 4.83 Å². The summed E-state index contributed by atoms with van der Waals surface area (Å²) in [4.78, 5) is -0.127. The van der Waals surface area contributed by atoms with Crippen molar-refractivity contribution in [3.8, 4) is 5.75 Å². The van der Waals surface area contributed by atoms with E-state index in [1.807, 2.05) is 12.1 Å². The maximum Gasteiger partial charge on any atom is 0.137 e. The number of alkyl halides is 1. The van der Waals surface area contributed by atoms with E-state index >= 15 is 0 Å². The van der Waals surface area contributed by atoms with Crippen molar-refractivity contribution in [3.63, 3.8) is 0 Å². The number of methoxy groups -OCH3 is 1. The van der Waals surface area contributed by atoms with E-state index in [0.29, 0.717) is 9.50 Å². The summed E-state index contributed by atoms with van der Waals surface area (Å²) < 4.78 is 19.0. The van der Waals surface area contributed by atoms with Gasteiger partial charge in [-0.15, -0.1) is 0 Å². The lowest BCUT2D eigenvalue weighted by molar-refractivity contribution is 0.410. The topological polar surface area (TPSA) is 9.23 Å². The van der Waals surface area contributed by atoms with E-state index in [2.05, 4.69) is 31.9 Å². The Kier molecular flexibility index (Phi) is 4.87. The SMILES string of the molecule is COc1ccc(Cl)cc1C(Br)c1ccc(F)c(Br)c1. The van der Waals surface area contributed by atoms with Gasteiger partial charge in [0.1, 0.15) is 11.6 Å². The molecule has 19 heavy (non-hydrogen) atoms. The molecule has 2 aromatic carbocycles. The maximum absolute atomic E-state index is 13.3. The molecule has 0 radical (unpaired) electrons. The van der Waals surface area contributed by atoms with Gasteiger partial charge in [0.2, 0.25) is 0 Å². The molecule has 0 bridgehead atoms. The predicted octanol–water partition coefficient (Wildman–Crippen LogP) is 5.73. The van der Waals surface area contributed by atoms with E-state index in [1.165, 1.54) is 6.07 Å². The molecule has 0 saturated heterocycles. The summed E-state index contributed by atoms with van der Waals surface area (Å²) >= 11 is 12.8. The smallest absolute Gasteiger partial charge is 0.137 e. The summed E-state index contributed by atoms with van der Waals surface area (Å²) in [5.41, 5.74) is 1.81. The second-order valence-corrected chi connectivity index (χ2v) is 6.13. The van der Waals surface area contributed by atoms with Gasteiger partial charge in [-0.1, -0.05) is 33.6 Å². The fraction of sp³-hybridized carbons (Fsp3) is 0.143. The van der Waals surface area contributed by atoms with Gasteiger partial charge >= 0.3 is 0 Å². The van der Waals surface area contributed by atoms with Crippen LogP contribution in [0.2, 0.25) is 5.02 Å². The molecule has 100 valence electrons. The first-order valence-corrected chi connectivity index (χ1v) is 7.54. The van der Waals surface area contributed by atoms with Crippen LogP contribution in [0.3, 0.4) is 0 Å². The van der Waals surface area contributed by atoms with E-state index in [-0.39, 0.29) is 10.6 Å². The number of rotatable bonds is 3. The van der Waals surface area contributed by atoms with E-state index in [1.54, 1.807) is 25.3 Å². The van der Waals surface area contributed by atoms with Gasteiger partial charge in [0.15, 0.2) is 0 Å². The Morgan fingerprint density at radius 2 is 1.95 bits per heavy atom. The van der Waals surface area contributed by atoms with Crippen LogP contribution in [0.4, 0.5) is 4.39 Å². The molecule has 0 N–H and O–H groups in total. The van der Waals surface area contributed by atoms with E-state index in [9.17, 15) is 4.39 Å². The molecule has 0 heterocycles. The van der Waals surface area contributed by atoms with Crippen LogP contribution in [-0.2, 0) is 0 Å². The quantitative estimate of drug-likeness (QED) is 0.589. The molecule has 1 unspecified atom stereocenters. The van der Waals surface area contributed by atoms with Crippen LogP contribution in [0.5, 0.6) is 5.75 Å². The molecule has 0 aliphatic heterocycles. The Bertz CT molecular complexity index is 604. The summed E-state index contributed by atoms with van der Waals surface area (Å²) in [7, 11) is 1.60. The molecule has 1 atom stereocenters. The van der Waals surface area contributed by atoms with Crippen molar-refractivity contribution >= 4 is 43.5 Å². The summed E-state index contributed by atoms with van der Waals surface area (Å²) in [5.74, 6) is 0.438. The molecule has 0 spiro atoms. The van der Waals surface area contributed by atoms with E-state index < -0.39 is 0 Å². The lowest BCUT2D eigenvalue weighted by Gasteiger charge is -2.15. The van der Waals surface area contributed by atoms with Crippen molar-refractivity contribution in [2.75, 3.05) is 7.11 Å². The monoisotopic (exact) mass is 406 g/mol. The standard InChI is InChI=1S/C14H10Br2ClFO/c1-19-13-5-3-9(17)7-10(13)14(16)8-2-4-12(18)11(15)6-8/h2-7,14H,1H3. The summed E-state index contributed by atoms with van der Waals surface area (Å²) in [5, 5.41) is 0.626. The zero-order valence-electron chi connectivity index (χ0n) is 9.96. The third-order valence-electron chi connectivity index (χ3n) is 2.70. The largest absolute Gasteiger partial charge is 0.496 e. The highest BCUT2D eigenvalue weighted by Crippen LogP contribution is 2.38. The number of benzene rings is 2. The third kappa shape index (κ3) is 3.30. The van der Waals surface area contributed by atoms with Gasteiger partial charge in [-0.2, -0.15) is 0 Å². The summed E-state index contributed by atoms with van der Waals surface area (Å²) in [6.07, 6.45) is 0. The Labute approximate surface area is 133 Å². The predicted molar refractivity (Wildman–Crippen MR) is 82.9 cm³/mol. The molecule has 0 amide bonds. The van der Waals surface area contributed by atoms with E-state index in [0.717, 1.165) is 16.9 Å². The summed E-state index contributed by atoms with van der Waals surface area (Å²) in [6, 6.07) is 10.3. The molecule has 5 heteroatoms. The highest BCUT2D eigenvalue weighted by Gasteiger charge is 2.17. The lowest BCUT2D eigenvalue weighted by atomic mass is 10.0. The van der Waals surface area contributed by atoms with Crippen molar-refractivity contribution in [3.05, 3.63) is 62.8 Å². The minimum Gasteiger partial charge on any atom is -0.496 e. The zero-order valence-corrected chi connectivity index (χ0v) is 13.9. The van der Waals surface area contributed by atoms with Crippen molar-refractivity contribution in [1.82, 2.24) is 0 Å². The second-order valence-electron chi connectivity index (χ2n) is 3.92. The fourth-order valence-electron chi connectivity index (χ4n) is 1.75. The minimum atomic E-state index is -0.290. The molecular formula is C14H10Br2ClFO. The number of hydrogen-bond acceptors (Lipinski definition) is 1. The van der Waals surface area contributed by atoms with Crippen LogP contribution in [-0.4, -0.2) is 7.11 Å². The molecule has 0 aliphatic rings. The highest BCUT2D eigenvalue weighted by atomic mass is 79.9. The number of hydrogen-bond donors (Lipinski definition) is 0. The Hall–Kier alpha value is -0.580. The first-order valence-electron chi connectivity index (χ1n) is 5.45. The summed E-state index contributed by atoms with van der Waals surface area (Å²) in [6.45, 7) is 0. The highest BCUT2D eigenvalue weighted by molar-refractivity contribution is 9.10. The van der Waals surface area contributed by atoms with Crippen molar-refractivity contribution in [2.24, 2.45) is 0 Å². The van der Waals surface area contributed by atoms with Gasteiger partial charge in [0, 0.05) is 10.6 Å². The normalized spacial score (nSPS) is 12.3. The molecule has 0 aromatic heterocycles. The molecule has 0 aliphatic carbocycles. The fourth-order valence-corrected chi connectivity index (χ4v) is 2.97. The van der Waals surface area contributed by atoms with E-state index in [4.69, 9.17) is 16.3 Å². The van der Waals surface area contributed by atoms with Crippen LogP contribution in [0.15, 0.2) is 40.9 Å². The van der Waals surface area contributed by atoms with Crippen LogP contribution >= 0.6 is 43.5 Å². The maximum atomic E-state index is 13.3. The average molecular weight is 408 g/mol. The van der Waals surface area contributed by atoms with Gasteiger partial charge < -0.3 is 4.74 Å². The molecule has 0 saturated carbocycles. The lowest BCUT2D eigenvalue weighted by Crippen LogP contribution is -1.97. The van der Waals surface area contributed by atoms with Crippen molar-refractivity contribution in [1.29, 1.82) is 0 Å². The van der Waals surface area contributed by atoms with Gasteiger partial charge in [-0.25, -0.2) is 4.39 Å². The van der Waals surface area contributed by atoms with Gasteiger partial charge in [0.05, 0.1) is 16.4 Å². The minimum absolute atomic E-state index is 0.127. The van der Waals surface area contributed by atoms with Gasteiger partial charge in [0.25, 0.3) is 0 Å². The van der Waals surface area contributed by atoms with Crippen LogP contribution < -0.4 is 4.74 Å². The molecule has 0 fully saturated rings. The molecular weight excluding hydrogens is 398 g/mol. The Morgan fingerprint density at radius 1 is 1.21 bits per heavy atom. The first-order chi connectivity index (χ1) is 9.02. The zero-order chi connectivity index (χ0) is 14.0. The second kappa shape index (κ2) is 6.25. The molecule has 2 aromatic rings. The van der Waals surface area contributed by atoms with Crippen LogP contribution in [0.25, 0.3) is 0 Å². The van der Waals surface area contributed by atoms with Crippen LogP contribution in [0.1, 0.15) is 16.0 Å².